The largest absolute Gasteiger partial charge is 0.261 e. The fraction of sp³-hybridized carbons (Fsp3) is 0.625. The first-order chi connectivity index (χ1) is 9.70. The molecule has 2 unspecified atom stereocenters. The van der Waals surface area contributed by atoms with E-state index in [1.54, 1.807) is 0 Å². The van der Waals surface area contributed by atoms with Crippen LogP contribution in [0.3, 0.4) is 0 Å². The molecule has 0 radical (unpaired) electrons. The normalized spacial score (nSPS) is 17.6. The van der Waals surface area contributed by atoms with Crippen LogP contribution < -0.4 is 0 Å². The highest BCUT2D eigenvalue weighted by Gasteiger charge is 2.15. The summed E-state index contributed by atoms with van der Waals surface area (Å²) in [6, 6.07) is 4.33. The minimum Gasteiger partial charge on any atom is -0.261 e. The first-order valence-corrected chi connectivity index (χ1v) is 7.58. The number of hydrogen-bond donors (Lipinski definition) is 0. The molecule has 4 heteroatoms. The summed E-state index contributed by atoms with van der Waals surface area (Å²) in [6.07, 6.45) is 6.42. The van der Waals surface area contributed by atoms with Gasteiger partial charge in [0.05, 0.1) is 12.3 Å². The Hall–Kier alpha value is -1.58. The van der Waals surface area contributed by atoms with Gasteiger partial charge in [-0.25, -0.2) is 0 Å². The van der Waals surface area contributed by atoms with E-state index in [9.17, 15) is 0 Å². The molecule has 0 aliphatic carbocycles. The van der Waals surface area contributed by atoms with Crippen LogP contribution in [0.5, 0.6) is 0 Å². The Balaban J connectivity index is 1.97. The van der Waals surface area contributed by atoms with Crippen molar-refractivity contribution >= 4 is 5.71 Å². The van der Waals surface area contributed by atoms with E-state index in [1.807, 2.05) is 6.20 Å². The summed E-state index contributed by atoms with van der Waals surface area (Å²) < 4.78 is 0. The van der Waals surface area contributed by atoms with Gasteiger partial charge in [-0.2, -0.15) is 5.11 Å². The van der Waals surface area contributed by atoms with Crippen molar-refractivity contribution in [1.29, 1.82) is 0 Å². The molecule has 2 atom stereocenters. The molecule has 20 heavy (non-hydrogen) atoms. The van der Waals surface area contributed by atoms with Crippen LogP contribution in [-0.4, -0.2) is 17.2 Å². The zero-order valence-corrected chi connectivity index (χ0v) is 12.7. The molecule has 108 valence electrons. The number of aromatic nitrogens is 1. The molecule has 1 aliphatic heterocycles. The van der Waals surface area contributed by atoms with E-state index in [0.717, 1.165) is 31.0 Å². The van der Waals surface area contributed by atoms with Gasteiger partial charge in [-0.1, -0.05) is 33.3 Å². The fourth-order valence-corrected chi connectivity index (χ4v) is 2.28. The van der Waals surface area contributed by atoms with Gasteiger partial charge < -0.3 is 0 Å². The van der Waals surface area contributed by atoms with Gasteiger partial charge in [0, 0.05) is 24.2 Å². The Kier molecular flexibility index (Phi) is 5.39. The van der Waals surface area contributed by atoms with E-state index < -0.39 is 0 Å². The molecule has 0 aromatic carbocycles. The molecule has 4 nitrogen and oxygen atoms in total. The lowest BCUT2D eigenvalue weighted by Gasteiger charge is -2.15. The minimum absolute atomic E-state index is 0.283. The Morgan fingerprint density at radius 2 is 2.10 bits per heavy atom. The molecule has 2 rings (SSSR count). The zero-order chi connectivity index (χ0) is 14.4. The van der Waals surface area contributed by atoms with E-state index in [1.165, 1.54) is 24.1 Å². The lowest BCUT2D eigenvalue weighted by atomic mass is 9.94. The standard InChI is InChI=1S/C16H24N4/c1-4-12(2)5-7-15-8-6-14(11-17-15)13(3)16-9-10-18-20-19-16/h6,8,11-13H,4-5,7,9-10H2,1-3H3. The van der Waals surface area contributed by atoms with E-state index in [0.29, 0.717) is 0 Å². The van der Waals surface area contributed by atoms with E-state index >= 15 is 0 Å². The highest BCUT2D eigenvalue weighted by Crippen LogP contribution is 2.21. The van der Waals surface area contributed by atoms with Gasteiger partial charge in [-0.3, -0.25) is 4.98 Å². The molecule has 1 aliphatic rings. The van der Waals surface area contributed by atoms with Gasteiger partial charge >= 0.3 is 0 Å². The number of hydrogen-bond acceptors (Lipinski definition) is 4. The summed E-state index contributed by atoms with van der Waals surface area (Å²) >= 11 is 0. The molecule has 0 amide bonds. The zero-order valence-electron chi connectivity index (χ0n) is 12.7. The van der Waals surface area contributed by atoms with Crippen molar-refractivity contribution < 1.29 is 0 Å². The van der Waals surface area contributed by atoms with Crippen molar-refractivity contribution in [1.82, 2.24) is 4.98 Å². The SMILES string of the molecule is CCC(C)CCc1ccc(C(C)C2=NN=NCC2)cn1. The third kappa shape index (κ3) is 3.95. The molecule has 0 N–H and O–H groups in total. The van der Waals surface area contributed by atoms with Crippen LogP contribution in [0.2, 0.25) is 0 Å². The van der Waals surface area contributed by atoms with Crippen molar-refractivity contribution in [2.24, 2.45) is 21.4 Å². The Labute approximate surface area is 121 Å². The van der Waals surface area contributed by atoms with Crippen LogP contribution in [0.15, 0.2) is 33.8 Å². The summed E-state index contributed by atoms with van der Waals surface area (Å²) in [7, 11) is 0. The summed E-state index contributed by atoms with van der Waals surface area (Å²) in [5.74, 6) is 1.06. The third-order valence-electron chi connectivity index (χ3n) is 4.14. The maximum absolute atomic E-state index is 4.59. The van der Waals surface area contributed by atoms with Crippen LogP contribution >= 0.6 is 0 Å². The van der Waals surface area contributed by atoms with Crippen molar-refractivity contribution in [3.63, 3.8) is 0 Å². The Morgan fingerprint density at radius 3 is 2.70 bits per heavy atom. The second-order valence-corrected chi connectivity index (χ2v) is 5.65. The van der Waals surface area contributed by atoms with Crippen LogP contribution in [0, 0.1) is 5.92 Å². The molecule has 0 fully saturated rings. The molecule has 2 heterocycles. The van der Waals surface area contributed by atoms with Gasteiger partial charge in [-0.05, 0) is 35.6 Å². The van der Waals surface area contributed by atoms with E-state index in [2.05, 4.69) is 53.3 Å². The predicted octanol–water partition coefficient (Wildman–Crippen LogP) is 4.38. The molecular formula is C16H24N4. The van der Waals surface area contributed by atoms with E-state index in [4.69, 9.17) is 0 Å². The summed E-state index contributed by atoms with van der Waals surface area (Å²) in [5, 5.41) is 11.8. The number of pyridine rings is 1. The van der Waals surface area contributed by atoms with Crippen molar-refractivity contribution in [3.05, 3.63) is 29.6 Å². The smallest absolute Gasteiger partial charge is 0.0674 e. The first kappa shape index (κ1) is 14.8. The number of aryl methyl sites for hydroxylation is 1. The second-order valence-electron chi connectivity index (χ2n) is 5.65. The van der Waals surface area contributed by atoms with Crippen molar-refractivity contribution in [2.75, 3.05) is 6.54 Å². The summed E-state index contributed by atoms with van der Waals surface area (Å²) in [6.45, 7) is 7.45. The minimum atomic E-state index is 0.283. The van der Waals surface area contributed by atoms with Gasteiger partial charge in [-0.15, -0.1) is 5.10 Å². The third-order valence-corrected chi connectivity index (χ3v) is 4.14. The van der Waals surface area contributed by atoms with Crippen LogP contribution in [0.25, 0.3) is 0 Å². The topological polar surface area (TPSA) is 50.0 Å². The molecule has 0 spiro atoms. The molecular weight excluding hydrogens is 248 g/mol. The summed E-state index contributed by atoms with van der Waals surface area (Å²) in [5.41, 5.74) is 3.51. The van der Waals surface area contributed by atoms with Crippen LogP contribution in [0.4, 0.5) is 0 Å². The van der Waals surface area contributed by atoms with Crippen LogP contribution in [-0.2, 0) is 6.42 Å². The number of nitrogens with zero attached hydrogens (tertiary/aromatic N) is 4. The second kappa shape index (κ2) is 7.27. The lowest BCUT2D eigenvalue weighted by Crippen LogP contribution is -2.13. The Bertz CT molecular complexity index is 476. The Morgan fingerprint density at radius 1 is 1.25 bits per heavy atom. The maximum atomic E-state index is 4.59. The van der Waals surface area contributed by atoms with Gasteiger partial charge in [0.25, 0.3) is 0 Å². The fourth-order valence-electron chi connectivity index (χ4n) is 2.28. The molecule has 0 bridgehead atoms. The quantitative estimate of drug-likeness (QED) is 0.758. The summed E-state index contributed by atoms with van der Waals surface area (Å²) in [4.78, 5) is 4.59. The average Bonchev–Trinajstić information content (AvgIpc) is 2.53. The number of rotatable bonds is 6. The monoisotopic (exact) mass is 272 g/mol. The van der Waals surface area contributed by atoms with Gasteiger partial charge in [0.2, 0.25) is 0 Å². The average molecular weight is 272 g/mol. The molecule has 1 aromatic heterocycles. The molecule has 1 aromatic rings. The predicted molar refractivity (Wildman–Crippen MR) is 82.2 cm³/mol. The highest BCUT2D eigenvalue weighted by atomic mass is 15.4. The molecule has 0 saturated heterocycles. The van der Waals surface area contributed by atoms with Crippen molar-refractivity contribution in [2.45, 2.75) is 52.4 Å². The highest BCUT2D eigenvalue weighted by molar-refractivity contribution is 5.90. The first-order valence-electron chi connectivity index (χ1n) is 7.58. The molecule has 0 saturated carbocycles. The van der Waals surface area contributed by atoms with Crippen LogP contribution in [0.1, 0.15) is 57.2 Å². The van der Waals surface area contributed by atoms with Gasteiger partial charge in [0.15, 0.2) is 0 Å². The van der Waals surface area contributed by atoms with Gasteiger partial charge in [0.1, 0.15) is 0 Å². The maximum Gasteiger partial charge on any atom is 0.0674 e. The van der Waals surface area contributed by atoms with Crippen molar-refractivity contribution in [3.8, 4) is 0 Å². The lowest BCUT2D eigenvalue weighted by molar-refractivity contribution is 0.513. The van der Waals surface area contributed by atoms with E-state index in [-0.39, 0.29) is 5.92 Å².